The van der Waals surface area contributed by atoms with E-state index in [1.54, 1.807) is 13.2 Å². The second-order valence-corrected chi connectivity index (χ2v) is 5.31. The zero-order valence-electron chi connectivity index (χ0n) is 11.9. The van der Waals surface area contributed by atoms with Gasteiger partial charge in [-0.1, -0.05) is 6.07 Å². The van der Waals surface area contributed by atoms with Gasteiger partial charge >= 0.3 is 0 Å². The summed E-state index contributed by atoms with van der Waals surface area (Å²) in [6.07, 6.45) is 2.41. The Bertz CT molecular complexity index is 422. The van der Waals surface area contributed by atoms with Crippen molar-refractivity contribution in [1.29, 1.82) is 0 Å². The average molecular weight is 282 g/mol. The van der Waals surface area contributed by atoms with Crippen molar-refractivity contribution in [2.75, 3.05) is 33.4 Å². The van der Waals surface area contributed by atoms with Crippen LogP contribution in [0.2, 0.25) is 0 Å². The highest BCUT2D eigenvalue weighted by atomic mass is 19.1. The fourth-order valence-electron chi connectivity index (χ4n) is 2.59. The van der Waals surface area contributed by atoms with Gasteiger partial charge in [0, 0.05) is 32.8 Å². The Labute approximate surface area is 119 Å². The molecule has 1 fully saturated rings. The largest absolute Gasteiger partial charge is 0.505 e. The van der Waals surface area contributed by atoms with Gasteiger partial charge in [0.2, 0.25) is 0 Å². The van der Waals surface area contributed by atoms with Crippen LogP contribution >= 0.6 is 0 Å². The molecule has 1 heterocycles. The van der Waals surface area contributed by atoms with Gasteiger partial charge in [0.05, 0.1) is 6.61 Å². The van der Waals surface area contributed by atoms with Crippen molar-refractivity contribution in [2.45, 2.75) is 25.4 Å². The molecule has 5 heteroatoms. The van der Waals surface area contributed by atoms with Gasteiger partial charge in [-0.25, -0.2) is 4.39 Å². The lowest BCUT2D eigenvalue weighted by Gasteiger charge is -2.25. The second-order valence-electron chi connectivity index (χ2n) is 5.31. The lowest BCUT2D eigenvalue weighted by atomic mass is 10.1. The smallest absolute Gasteiger partial charge is 0.165 e. The monoisotopic (exact) mass is 282 g/mol. The van der Waals surface area contributed by atoms with Crippen LogP contribution in [-0.2, 0) is 11.3 Å². The van der Waals surface area contributed by atoms with E-state index in [0.29, 0.717) is 19.2 Å². The third kappa shape index (κ3) is 4.44. The summed E-state index contributed by atoms with van der Waals surface area (Å²) < 4.78 is 18.5. The normalized spacial score (nSPS) is 18.9. The number of ether oxygens (including phenoxy) is 1. The van der Waals surface area contributed by atoms with E-state index in [4.69, 9.17) is 4.74 Å². The number of rotatable bonds is 7. The molecule has 0 amide bonds. The van der Waals surface area contributed by atoms with Gasteiger partial charge in [-0.05, 0) is 37.1 Å². The number of methoxy groups -OCH3 is 1. The van der Waals surface area contributed by atoms with E-state index < -0.39 is 5.82 Å². The van der Waals surface area contributed by atoms with E-state index >= 15 is 0 Å². The molecule has 4 nitrogen and oxygen atoms in total. The summed E-state index contributed by atoms with van der Waals surface area (Å²) in [5.41, 5.74) is 0.870. The number of hydrogen-bond donors (Lipinski definition) is 2. The van der Waals surface area contributed by atoms with Gasteiger partial charge in [-0.15, -0.1) is 0 Å². The van der Waals surface area contributed by atoms with Crippen LogP contribution in [0.3, 0.4) is 0 Å². The van der Waals surface area contributed by atoms with Crippen molar-refractivity contribution in [2.24, 2.45) is 0 Å². The lowest BCUT2D eigenvalue weighted by Crippen LogP contribution is -2.38. The van der Waals surface area contributed by atoms with Crippen molar-refractivity contribution in [1.82, 2.24) is 10.2 Å². The third-order valence-electron chi connectivity index (χ3n) is 3.67. The highest BCUT2D eigenvalue weighted by molar-refractivity contribution is 5.27. The van der Waals surface area contributed by atoms with Crippen LogP contribution in [0.5, 0.6) is 5.75 Å². The molecule has 112 valence electrons. The van der Waals surface area contributed by atoms with Crippen LogP contribution < -0.4 is 5.32 Å². The van der Waals surface area contributed by atoms with Crippen LogP contribution in [0.1, 0.15) is 18.4 Å². The summed E-state index contributed by atoms with van der Waals surface area (Å²) in [6, 6.07) is 5.08. The van der Waals surface area contributed by atoms with E-state index in [9.17, 15) is 9.50 Å². The number of hydrogen-bond acceptors (Lipinski definition) is 4. The SMILES string of the molecule is COCCN(Cc1ccc(O)c(F)c1)CC1CCCN1. The zero-order chi connectivity index (χ0) is 14.4. The molecule has 0 saturated carbocycles. The second kappa shape index (κ2) is 7.57. The van der Waals surface area contributed by atoms with Crippen molar-refractivity contribution in [3.8, 4) is 5.75 Å². The van der Waals surface area contributed by atoms with Crippen molar-refractivity contribution in [3.63, 3.8) is 0 Å². The van der Waals surface area contributed by atoms with Crippen LogP contribution in [0.15, 0.2) is 18.2 Å². The Morgan fingerprint density at radius 1 is 1.50 bits per heavy atom. The van der Waals surface area contributed by atoms with Crippen LogP contribution in [0.25, 0.3) is 0 Å². The molecule has 1 unspecified atom stereocenters. The molecule has 20 heavy (non-hydrogen) atoms. The van der Waals surface area contributed by atoms with E-state index in [2.05, 4.69) is 10.2 Å². The van der Waals surface area contributed by atoms with Crippen molar-refractivity contribution >= 4 is 0 Å². The molecule has 1 aromatic carbocycles. The molecule has 2 N–H and O–H groups in total. The number of phenols is 1. The van der Waals surface area contributed by atoms with E-state index in [1.165, 1.54) is 25.0 Å². The van der Waals surface area contributed by atoms with Gasteiger partial charge < -0.3 is 15.2 Å². The first-order chi connectivity index (χ1) is 9.69. The van der Waals surface area contributed by atoms with Crippen molar-refractivity contribution < 1.29 is 14.2 Å². The molecular formula is C15H23FN2O2. The molecule has 1 saturated heterocycles. The van der Waals surface area contributed by atoms with E-state index in [0.717, 1.165) is 25.2 Å². The highest BCUT2D eigenvalue weighted by Crippen LogP contribution is 2.18. The maximum atomic E-state index is 13.4. The van der Waals surface area contributed by atoms with Crippen LogP contribution in [-0.4, -0.2) is 49.4 Å². The molecule has 1 aliphatic rings. The fourth-order valence-corrected chi connectivity index (χ4v) is 2.59. The molecule has 0 radical (unpaired) electrons. The molecule has 2 rings (SSSR count). The molecule has 0 bridgehead atoms. The van der Waals surface area contributed by atoms with Gasteiger partial charge in [0.25, 0.3) is 0 Å². The zero-order valence-corrected chi connectivity index (χ0v) is 11.9. The molecule has 0 aliphatic carbocycles. The van der Waals surface area contributed by atoms with Gasteiger partial charge in [0.15, 0.2) is 11.6 Å². The summed E-state index contributed by atoms with van der Waals surface area (Å²) in [5.74, 6) is -0.858. The Balaban J connectivity index is 1.95. The average Bonchev–Trinajstić information content (AvgIpc) is 2.93. The summed E-state index contributed by atoms with van der Waals surface area (Å²) in [5, 5.41) is 12.7. The first-order valence-corrected chi connectivity index (χ1v) is 7.11. The number of nitrogens with zero attached hydrogens (tertiary/aromatic N) is 1. The maximum Gasteiger partial charge on any atom is 0.165 e. The maximum absolute atomic E-state index is 13.4. The Morgan fingerprint density at radius 2 is 2.35 bits per heavy atom. The first kappa shape index (κ1) is 15.2. The number of nitrogens with one attached hydrogen (secondary N) is 1. The van der Waals surface area contributed by atoms with Gasteiger partial charge in [-0.2, -0.15) is 0 Å². The van der Waals surface area contributed by atoms with Gasteiger partial charge in [-0.3, -0.25) is 4.90 Å². The summed E-state index contributed by atoms with van der Waals surface area (Å²) in [6.45, 7) is 4.16. The molecule has 0 aromatic heterocycles. The van der Waals surface area contributed by atoms with E-state index in [-0.39, 0.29) is 5.75 Å². The highest BCUT2D eigenvalue weighted by Gasteiger charge is 2.18. The minimum Gasteiger partial charge on any atom is -0.505 e. The Morgan fingerprint density at radius 3 is 3.00 bits per heavy atom. The Hall–Kier alpha value is -1.17. The molecule has 0 spiro atoms. The number of benzene rings is 1. The summed E-state index contributed by atoms with van der Waals surface area (Å²) in [4.78, 5) is 2.26. The molecular weight excluding hydrogens is 259 g/mol. The van der Waals surface area contributed by atoms with Gasteiger partial charge in [0.1, 0.15) is 0 Å². The third-order valence-corrected chi connectivity index (χ3v) is 3.67. The summed E-state index contributed by atoms with van der Waals surface area (Å²) in [7, 11) is 1.69. The van der Waals surface area contributed by atoms with Crippen LogP contribution in [0, 0.1) is 5.82 Å². The fraction of sp³-hybridized carbons (Fsp3) is 0.600. The minimum atomic E-state index is -0.562. The predicted molar refractivity (Wildman–Crippen MR) is 76.2 cm³/mol. The number of halogens is 1. The molecule has 1 aliphatic heterocycles. The van der Waals surface area contributed by atoms with E-state index in [1.807, 2.05) is 0 Å². The number of phenolic OH excluding ortho intramolecular Hbond substituents is 1. The number of aromatic hydroxyl groups is 1. The molecule has 1 atom stereocenters. The quantitative estimate of drug-likeness (QED) is 0.799. The van der Waals surface area contributed by atoms with Crippen LogP contribution in [0.4, 0.5) is 4.39 Å². The first-order valence-electron chi connectivity index (χ1n) is 7.11. The molecule has 1 aromatic rings. The van der Waals surface area contributed by atoms with Crippen molar-refractivity contribution in [3.05, 3.63) is 29.6 Å². The lowest BCUT2D eigenvalue weighted by molar-refractivity contribution is 0.138. The Kier molecular flexibility index (Phi) is 5.76. The predicted octanol–water partition coefficient (Wildman–Crippen LogP) is 1.73. The summed E-state index contributed by atoms with van der Waals surface area (Å²) >= 11 is 0. The standard InChI is InChI=1S/C15H23FN2O2/c1-20-8-7-18(11-13-3-2-6-17-13)10-12-4-5-15(19)14(16)9-12/h4-5,9,13,17,19H,2-3,6-8,10-11H2,1H3. The topological polar surface area (TPSA) is 44.7 Å². The minimum absolute atomic E-state index is 0.297.